The van der Waals surface area contributed by atoms with Crippen molar-refractivity contribution in [3.8, 4) is 0 Å². The van der Waals surface area contributed by atoms with Crippen molar-refractivity contribution in [2.24, 2.45) is 0 Å². The maximum atomic E-state index is 6.23. The zero-order valence-corrected chi connectivity index (χ0v) is 18.5. The number of rotatable bonds is 16. The molecule has 0 aliphatic carbocycles. The molecule has 0 aromatic rings. The topological polar surface area (TPSA) is 27.7 Å². The van der Waals surface area contributed by atoms with Crippen molar-refractivity contribution in [1.82, 2.24) is 0 Å². The first-order chi connectivity index (χ1) is 11.3. The Balaban J connectivity index is 4.24. The van der Waals surface area contributed by atoms with E-state index < -0.39 is 8.80 Å². The molecule has 0 spiro atoms. The average molecular weight is 361 g/mol. The van der Waals surface area contributed by atoms with Crippen LogP contribution in [0.4, 0.5) is 0 Å². The van der Waals surface area contributed by atoms with Crippen molar-refractivity contribution in [2.75, 3.05) is 0 Å². The molecule has 0 rings (SSSR count). The Morgan fingerprint density at radius 3 is 1.21 bits per heavy atom. The Morgan fingerprint density at radius 1 is 0.542 bits per heavy atom. The third kappa shape index (κ3) is 13.4. The first-order valence-electron chi connectivity index (χ1n) is 10.3. The van der Waals surface area contributed by atoms with Crippen LogP contribution in [0.2, 0.25) is 6.04 Å². The molecule has 0 N–H and O–H groups in total. The SMILES string of the molecule is CCCCCCCCCCC[Si](OC(C)C)(OC(C)C)OC(C)C. The summed E-state index contributed by atoms with van der Waals surface area (Å²) in [5.74, 6) is 0. The van der Waals surface area contributed by atoms with Crippen LogP contribution < -0.4 is 0 Å². The van der Waals surface area contributed by atoms with Crippen LogP contribution in [0.1, 0.15) is 106 Å². The summed E-state index contributed by atoms with van der Waals surface area (Å²) in [5, 5.41) is 0. The summed E-state index contributed by atoms with van der Waals surface area (Å²) in [6.45, 7) is 14.7. The Labute approximate surface area is 153 Å². The molecule has 146 valence electrons. The minimum atomic E-state index is -2.57. The van der Waals surface area contributed by atoms with Gasteiger partial charge in [0.1, 0.15) is 0 Å². The summed E-state index contributed by atoms with van der Waals surface area (Å²) in [7, 11) is -2.57. The fraction of sp³-hybridized carbons (Fsp3) is 1.00. The monoisotopic (exact) mass is 360 g/mol. The molecule has 0 radical (unpaired) electrons. The van der Waals surface area contributed by atoms with Gasteiger partial charge in [-0.25, -0.2) is 0 Å². The van der Waals surface area contributed by atoms with Gasteiger partial charge in [-0.15, -0.1) is 0 Å². The fourth-order valence-corrected chi connectivity index (χ4v) is 6.35. The van der Waals surface area contributed by atoms with Gasteiger partial charge in [-0.05, 0) is 48.0 Å². The molecule has 0 unspecified atom stereocenters. The lowest BCUT2D eigenvalue weighted by Gasteiger charge is -2.34. The minimum Gasteiger partial charge on any atom is -0.371 e. The smallest absolute Gasteiger partial charge is 0.371 e. The van der Waals surface area contributed by atoms with Gasteiger partial charge in [-0.2, -0.15) is 0 Å². The van der Waals surface area contributed by atoms with Crippen LogP contribution in [0.15, 0.2) is 0 Å². The van der Waals surface area contributed by atoms with E-state index in [0.717, 1.165) is 12.5 Å². The van der Waals surface area contributed by atoms with Crippen LogP contribution in [0, 0.1) is 0 Å². The molecule has 0 bridgehead atoms. The van der Waals surface area contributed by atoms with Gasteiger partial charge in [-0.3, -0.25) is 0 Å². The van der Waals surface area contributed by atoms with Gasteiger partial charge >= 0.3 is 8.80 Å². The van der Waals surface area contributed by atoms with Gasteiger partial charge in [0.2, 0.25) is 0 Å². The Morgan fingerprint density at radius 2 is 0.875 bits per heavy atom. The zero-order valence-electron chi connectivity index (χ0n) is 17.5. The first kappa shape index (κ1) is 24.1. The number of hydrogen-bond donors (Lipinski definition) is 0. The second-order valence-electron chi connectivity index (χ2n) is 7.76. The van der Waals surface area contributed by atoms with Crippen molar-refractivity contribution in [1.29, 1.82) is 0 Å². The molecular weight excluding hydrogens is 316 g/mol. The van der Waals surface area contributed by atoms with Gasteiger partial charge in [0.15, 0.2) is 0 Å². The van der Waals surface area contributed by atoms with E-state index in [1.165, 1.54) is 51.4 Å². The van der Waals surface area contributed by atoms with E-state index in [2.05, 4.69) is 48.5 Å². The molecule has 4 heteroatoms. The molecule has 0 saturated carbocycles. The van der Waals surface area contributed by atoms with Crippen molar-refractivity contribution < 1.29 is 13.3 Å². The van der Waals surface area contributed by atoms with Crippen LogP contribution in [0.25, 0.3) is 0 Å². The molecule has 0 aromatic heterocycles. The highest BCUT2D eigenvalue weighted by Crippen LogP contribution is 2.25. The van der Waals surface area contributed by atoms with Gasteiger partial charge < -0.3 is 13.3 Å². The summed E-state index contributed by atoms with van der Waals surface area (Å²) in [6.07, 6.45) is 12.4. The molecule has 0 heterocycles. The van der Waals surface area contributed by atoms with Crippen molar-refractivity contribution >= 4 is 8.80 Å². The maximum absolute atomic E-state index is 6.23. The highest BCUT2D eigenvalue weighted by Gasteiger charge is 2.43. The summed E-state index contributed by atoms with van der Waals surface area (Å²) < 4.78 is 18.7. The Bertz CT molecular complexity index is 254. The normalized spacial score (nSPS) is 12.8. The number of hydrogen-bond acceptors (Lipinski definition) is 3. The molecule has 0 saturated heterocycles. The molecule has 0 atom stereocenters. The van der Waals surface area contributed by atoms with E-state index in [9.17, 15) is 0 Å². The van der Waals surface area contributed by atoms with E-state index >= 15 is 0 Å². The summed E-state index contributed by atoms with van der Waals surface area (Å²) in [5.41, 5.74) is 0. The van der Waals surface area contributed by atoms with E-state index in [0.29, 0.717) is 0 Å². The predicted octanol–water partition coefficient (Wildman–Crippen LogP) is 6.73. The maximum Gasteiger partial charge on any atom is 0.501 e. The van der Waals surface area contributed by atoms with Gasteiger partial charge in [0.25, 0.3) is 0 Å². The lowest BCUT2D eigenvalue weighted by atomic mass is 10.1. The van der Waals surface area contributed by atoms with E-state index in [4.69, 9.17) is 13.3 Å². The van der Waals surface area contributed by atoms with E-state index in [1.807, 2.05) is 0 Å². The van der Waals surface area contributed by atoms with Crippen LogP contribution in [-0.2, 0) is 13.3 Å². The number of unbranched alkanes of at least 4 members (excludes halogenated alkanes) is 8. The van der Waals surface area contributed by atoms with Crippen molar-refractivity contribution in [2.45, 2.75) is 131 Å². The van der Waals surface area contributed by atoms with E-state index in [1.54, 1.807) is 0 Å². The standard InChI is InChI=1S/C20H44O3Si/c1-8-9-10-11-12-13-14-15-16-17-24(21-18(2)3,22-19(4)5)23-20(6)7/h18-20H,8-17H2,1-7H3. The molecule has 0 amide bonds. The summed E-state index contributed by atoms with van der Waals surface area (Å²) in [6, 6.07) is 0.942. The van der Waals surface area contributed by atoms with Gasteiger partial charge in [0.05, 0.1) is 0 Å². The fourth-order valence-electron chi connectivity index (χ4n) is 2.99. The molecule has 0 aliphatic rings. The molecule has 0 aliphatic heterocycles. The predicted molar refractivity (Wildman–Crippen MR) is 106 cm³/mol. The quantitative estimate of drug-likeness (QED) is 0.225. The minimum absolute atomic E-state index is 0.146. The van der Waals surface area contributed by atoms with Crippen LogP contribution >= 0.6 is 0 Å². The van der Waals surface area contributed by atoms with Crippen LogP contribution in [0.3, 0.4) is 0 Å². The van der Waals surface area contributed by atoms with Crippen molar-refractivity contribution in [3.63, 3.8) is 0 Å². The summed E-state index contributed by atoms with van der Waals surface area (Å²) >= 11 is 0. The molecular formula is C20H44O3Si. The third-order valence-electron chi connectivity index (χ3n) is 3.83. The lowest BCUT2D eigenvalue weighted by molar-refractivity contribution is 0.00278. The Hall–Kier alpha value is 0.0969. The highest BCUT2D eigenvalue weighted by atomic mass is 28.4. The first-order valence-corrected chi connectivity index (χ1v) is 12.3. The molecule has 0 aromatic carbocycles. The summed E-state index contributed by atoms with van der Waals surface area (Å²) in [4.78, 5) is 0. The molecule has 0 fully saturated rings. The molecule has 3 nitrogen and oxygen atoms in total. The van der Waals surface area contributed by atoms with E-state index in [-0.39, 0.29) is 18.3 Å². The molecule has 24 heavy (non-hydrogen) atoms. The second kappa shape index (κ2) is 14.3. The third-order valence-corrected chi connectivity index (χ3v) is 7.29. The zero-order chi connectivity index (χ0) is 18.4. The van der Waals surface area contributed by atoms with Gasteiger partial charge in [-0.1, -0.05) is 58.3 Å². The van der Waals surface area contributed by atoms with Gasteiger partial charge in [0, 0.05) is 24.4 Å². The van der Waals surface area contributed by atoms with Crippen LogP contribution in [0.5, 0.6) is 0 Å². The average Bonchev–Trinajstić information content (AvgIpc) is 2.43. The highest BCUT2D eigenvalue weighted by molar-refractivity contribution is 6.60. The largest absolute Gasteiger partial charge is 0.501 e. The Kier molecular flexibility index (Phi) is 14.3. The second-order valence-corrected chi connectivity index (χ2v) is 10.3. The lowest BCUT2D eigenvalue weighted by Crippen LogP contribution is -2.50. The van der Waals surface area contributed by atoms with Crippen molar-refractivity contribution in [3.05, 3.63) is 0 Å². The van der Waals surface area contributed by atoms with Crippen LogP contribution in [-0.4, -0.2) is 27.1 Å².